The van der Waals surface area contributed by atoms with E-state index in [0.29, 0.717) is 39.0 Å². The predicted molar refractivity (Wildman–Crippen MR) is 174 cm³/mol. The highest BCUT2D eigenvalue weighted by atomic mass is 35.5. The summed E-state index contributed by atoms with van der Waals surface area (Å²) in [4.78, 5) is 39.9. The van der Waals surface area contributed by atoms with Crippen molar-refractivity contribution in [1.29, 1.82) is 0 Å². The Morgan fingerprint density at radius 2 is 1.64 bits per heavy atom. The van der Waals surface area contributed by atoms with Crippen LogP contribution in [0.25, 0.3) is 6.08 Å². The van der Waals surface area contributed by atoms with Crippen molar-refractivity contribution in [3.63, 3.8) is 0 Å². The van der Waals surface area contributed by atoms with Gasteiger partial charge in [-0.15, -0.1) is 11.8 Å². The third-order valence-corrected chi connectivity index (χ3v) is 7.66. The van der Waals surface area contributed by atoms with Gasteiger partial charge < -0.3 is 30.5 Å². The molecule has 4 aromatic rings. The van der Waals surface area contributed by atoms with Crippen LogP contribution in [0.3, 0.4) is 0 Å². The Labute approximate surface area is 264 Å². The first-order valence-electron chi connectivity index (χ1n) is 13.3. The SMILES string of the molecule is COc1cc(O)ccc1/C=C(/NC(=O)c1ccccc1)C(=O)Nc1cccc(SCC(=O)Nc2cc(C)c(Cl)cc2OC)c1. The molecule has 4 rings (SSSR count). The van der Waals surface area contributed by atoms with E-state index in [9.17, 15) is 19.5 Å². The maximum Gasteiger partial charge on any atom is 0.272 e. The molecule has 0 spiro atoms. The maximum absolute atomic E-state index is 13.5. The summed E-state index contributed by atoms with van der Waals surface area (Å²) in [7, 11) is 2.94. The first kappa shape index (κ1) is 32.0. The zero-order valence-corrected chi connectivity index (χ0v) is 25.7. The molecule has 0 unspecified atom stereocenters. The molecule has 0 aliphatic heterocycles. The Morgan fingerprint density at radius 1 is 0.886 bits per heavy atom. The lowest BCUT2D eigenvalue weighted by atomic mass is 10.1. The molecule has 9 nitrogen and oxygen atoms in total. The smallest absolute Gasteiger partial charge is 0.272 e. The van der Waals surface area contributed by atoms with Crippen LogP contribution in [0.4, 0.5) is 11.4 Å². The van der Waals surface area contributed by atoms with Crippen LogP contribution in [-0.2, 0) is 9.59 Å². The largest absolute Gasteiger partial charge is 0.508 e. The zero-order chi connectivity index (χ0) is 31.6. The van der Waals surface area contributed by atoms with Crippen molar-refractivity contribution >= 4 is 58.5 Å². The summed E-state index contributed by atoms with van der Waals surface area (Å²) in [5.74, 6) is -0.461. The molecular weight excluding hydrogens is 602 g/mol. The molecule has 0 aliphatic rings. The summed E-state index contributed by atoms with van der Waals surface area (Å²) < 4.78 is 10.7. The number of amides is 3. The van der Waals surface area contributed by atoms with Crippen LogP contribution in [0.15, 0.2) is 95.5 Å². The molecule has 11 heteroatoms. The average Bonchev–Trinajstić information content (AvgIpc) is 3.02. The topological polar surface area (TPSA) is 126 Å². The van der Waals surface area contributed by atoms with Gasteiger partial charge in [-0.1, -0.05) is 35.9 Å². The molecule has 4 N–H and O–H groups in total. The van der Waals surface area contributed by atoms with Gasteiger partial charge in [-0.25, -0.2) is 0 Å². The number of phenols is 1. The molecule has 0 atom stereocenters. The Hall–Kier alpha value is -4.93. The molecule has 0 aliphatic carbocycles. The minimum atomic E-state index is -0.588. The van der Waals surface area contributed by atoms with Gasteiger partial charge in [0, 0.05) is 38.9 Å². The Kier molecular flexibility index (Phi) is 10.9. The number of phenolic OH excluding ortho intramolecular Hbond substituents is 1. The molecule has 0 heterocycles. The summed E-state index contributed by atoms with van der Waals surface area (Å²) in [6, 6.07) is 23.3. The van der Waals surface area contributed by atoms with Gasteiger partial charge in [0.15, 0.2) is 0 Å². The fourth-order valence-electron chi connectivity index (χ4n) is 4.04. The molecule has 44 heavy (non-hydrogen) atoms. The lowest BCUT2D eigenvalue weighted by Crippen LogP contribution is -2.30. The van der Waals surface area contributed by atoms with Gasteiger partial charge in [0.1, 0.15) is 22.9 Å². The van der Waals surface area contributed by atoms with Crippen LogP contribution in [0, 0.1) is 6.92 Å². The number of anilines is 2. The zero-order valence-electron chi connectivity index (χ0n) is 24.1. The van der Waals surface area contributed by atoms with E-state index in [-0.39, 0.29) is 23.1 Å². The highest BCUT2D eigenvalue weighted by Crippen LogP contribution is 2.31. The number of hydrogen-bond donors (Lipinski definition) is 4. The van der Waals surface area contributed by atoms with Crippen LogP contribution in [0.5, 0.6) is 17.2 Å². The fourth-order valence-corrected chi connectivity index (χ4v) is 4.95. The number of nitrogens with one attached hydrogen (secondary N) is 3. The van der Waals surface area contributed by atoms with Crippen LogP contribution in [0.2, 0.25) is 5.02 Å². The van der Waals surface area contributed by atoms with Crippen molar-refractivity contribution in [2.75, 3.05) is 30.6 Å². The number of rotatable bonds is 11. The number of benzene rings is 4. The Bertz CT molecular complexity index is 1710. The number of hydrogen-bond acceptors (Lipinski definition) is 7. The summed E-state index contributed by atoms with van der Waals surface area (Å²) in [6.45, 7) is 1.83. The van der Waals surface area contributed by atoms with E-state index in [2.05, 4.69) is 16.0 Å². The third kappa shape index (κ3) is 8.56. The van der Waals surface area contributed by atoms with Gasteiger partial charge in [-0.05, 0) is 67.1 Å². The normalized spacial score (nSPS) is 11.0. The number of thioether (sulfide) groups is 1. The highest BCUT2D eigenvalue weighted by molar-refractivity contribution is 8.00. The predicted octanol–water partition coefficient (Wildman–Crippen LogP) is 6.51. The fraction of sp³-hybridized carbons (Fsp3) is 0.121. The highest BCUT2D eigenvalue weighted by Gasteiger charge is 2.17. The second-order valence-electron chi connectivity index (χ2n) is 9.42. The van der Waals surface area contributed by atoms with E-state index in [1.54, 1.807) is 66.7 Å². The number of aryl methyl sites for hydroxylation is 1. The Balaban J connectivity index is 1.49. The summed E-state index contributed by atoms with van der Waals surface area (Å²) in [6.07, 6.45) is 1.46. The van der Waals surface area contributed by atoms with E-state index < -0.39 is 11.8 Å². The van der Waals surface area contributed by atoms with Crippen LogP contribution < -0.4 is 25.4 Å². The van der Waals surface area contributed by atoms with Gasteiger partial charge in [0.2, 0.25) is 5.91 Å². The molecule has 226 valence electrons. The summed E-state index contributed by atoms with van der Waals surface area (Å²) in [5.41, 5.74) is 2.55. The maximum atomic E-state index is 13.5. The molecule has 0 bridgehead atoms. The number of aromatic hydroxyl groups is 1. The van der Waals surface area contributed by atoms with E-state index >= 15 is 0 Å². The lowest BCUT2D eigenvalue weighted by Gasteiger charge is -2.14. The van der Waals surface area contributed by atoms with E-state index in [4.69, 9.17) is 21.1 Å². The van der Waals surface area contributed by atoms with E-state index in [1.165, 1.54) is 44.2 Å². The summed E-state index contributed by atoms with van der Waals surface area (Å²) >= 11 is 7.44. The molecule has 4 aromatic carbocycles. The molecular formula is C33H30ClN3O6S. The number of halogens is 1. The first-order chi connectivity index (χ1) is 21.2. The number of carbonyl (C=O) groups is 3. The molecule has 0 fully saturated rings. The van der Waals surface area contributed by atoms with Crippen molar-refractivity contribution in [1.82, 2.24) is 5.32 Å². The van der Waals surface area contributed by atoms with Crippen LogP contribution >= 0.6 is 23.4 Å². The molecule has 0 saturated carbocycles. The second-order valence-corrected chi connectivity index (χ2v) is 10.9. The van der Waals surface area contributed by atoms with Crippen molar-refractivity contribution in [3.05, 3.63) is 112 Å². The second kappa shape index (κ2) is 15.0. The third-order valence-electron chi connectivity index (χ3n) is 6.26. The van der Waals surface area contributed by atoms with E-state index in [0.717, 1.165) is 10.5 Å². The minimum Gasteiger partial charge on any atom is -0.508 e. The van der Waals surface area contributed by atoms with Crippen molar-refractivity contribution in [2.45, 2.75) is 11.8 Å². The lowest BCUT2D eigenvalue weighted by molar-refractivity contribution is -0.114. The van der Waals surface area contributed by atoms with Gasteiger partial charge in [0.05, 0.1) is 25.7 Å². The Morgan fingerprint density at radius 3 is 2.36 bits per heavy atom. The standard InChI is InChI=1S/C33H30ClN3O6S/c1-20-14-27(30(43-3)18-26(20)34)36-31(39)19-44-25-11-7-10-23(16-25)35-33(41)28(37-32(40)21-8-5-4-6-9-21)15-22-12-13-24(38)17-29(22)42-2/h4-18,38H,19H2,1-3H3,(H,35,41)(H,36,39)(H,37,40)/b28-15+. The molecule has 3 amide bonds. The minimum absolute atomic E-state index is 0.0104. The first-order valence-corrected chi connectivity index (χ1v) is 14.7. The summed E-state index contributed by atoms with van der Waals surface area (Å²) in [5, 5.41) is 18.7. The van der Waals surface area contributed by atoms with Crippen molar-refractivity contribution in [3.8, 4) is 17.2 Å². The van der Waals surface area contributed by atoms with Crippen molar-refractivity contribution in [2.24, 2.45) is 0 Å². The molecule has 0 radical (unpaired) electrons. The van der Waals surface area contributed by atoms with Gasteiger partial charge in [-0.3, -0.25) is 14.4 Å². The van der Waals surface area contributed by atoms with Gasteiger partial charge >= 0.3 is 0 Å². The quantitative estimate of drug-likeness (QED) is 0.110. The number of methoxy groups -OCH3 is 2. The van der Waals surface area contributed by atoms with Crippen LogP contribution in [0.1, 0.15) is 21.5 Å². The van der Waals surface area contributed by atoms with Crippen molar-refractivity contribution < 1.29 is 29.0 Å². The van der Waals surface area contributed by atoms with Gasteiger partial charge in [-0.2, -0.15) is 0 Å². The van der Waals surface area contributed by atoms with E-state index in [1.807, 2.05) is 13.0 Å². The monoisotopic (exact) mass is 631 g/mol. The molecule has 0 aromatic heterocycles. The van der Waals surface area contributed by atoms with Crippen LogP contribution in [-0.4, -0.2) is 42.8 Å². The van der Waals surface area contributed by atoms with Gasteiger partial charge in [0.25, 0.3) is 11.8 Å². The molecule has 0 saturated heterocycles. The average molecular weight is 632 g/mol. The number of ether oxygens (including phenoxy) is 2. The number of carbonyl (C=O) groups excluding carboxylic acids is 3.